The summed E-state index contributed by atoms with van der Waals surface area (Å²) >= 11 is 0. The van der Waals surface area contributed by atoms with Crippen LogP contribution < -0.4 is 5.56 Å². The second-order valence-corrected chi connectivity index (χ2v) is 6.56. The van der Waals surface area contributed by atoms with Crippen molar-refractivity contribution in [2.45, 2.75) is 33.0 Å². The first-order chi connectivity index (χ1) is 13.0. The number of benzene rings is 1. The summed E-state index contributed by atoms with van der Waals surface area (Å²) in [5.74, 6) is -0.146. The highest BCUT2D eigenvalue weighted by Gasteiger charge is 2.19. The molecule has 0 saturated heterocycles. The molecule has 0 aliphatic heterocycles. The SMILES string of the molecule is CC(C)N(Cc1ccccc1)C(=O)Cn1nc(-c2cccnc2)ccc1=O. The number of rotatable bonds is 6. The van der Waals surface area contributed by atoms with Crippen LogP contribution in [0.3, 0.4) is 0 Å². The van der Waals surface area contributed by atoms with Crippen molar-refractivity contribution in [2.24, 2.45) is 0 Å². The predicted molar refractivity (Wildman–Crippen MR) is 104 cm³/mol. The molecule has 2 aromatic heterocycles. The van der Waals surface area contributed by atoms with E-state index in [4.69, 9.17) is 0 Å². The molecule has 138 valence electrons. The molecule has 0 N–H and O–H groups in total. The maximum absolute atomic E-state index is 12.9. The van der Waals surface area contributed by atoms with E-state index in [1.54, 1.807) is 29.4 Å². The van der Waals surface area contributed by atoms with Gasteiger partial charge >= 0.3 is 0 Å². The number of aromatic nitrogens is 3. The summed E-state index contributed by atoms with van der Waals surface area (Å²) in [7, 11) is 0. The summed E-state index contributed by atoms with van der Waals surface area (Å²) in [4.78, 5) is 30.9. The topological polar surface area (TPSA) is 68.1 Å². The number of carbonyl (C=O) groups is 1. The van der Waals surface area contributed by atoms with Crippen molar-refractivity contribution in [1.82, 2.24) is 19.7 Å². The monoisotopic (exact) mass is 362 g/mol. The van der Waals surface area contributed by atoms with E-state index < -0.39 is 0 Å². The molecule has 0 saturated carbocycles. The van der Waals surface area contributed by atoms with Crippen LogP contribution in [0.15, 0.2) is 71.8 Å². The van der Waals surface area contributed by atoms with E-state index in [2.05, 4.69) is 10.1 Å². The third-order valence-corrected chi connectivity index (χ3v) is 4.25. The normalized spacial score (nSPS) is 10.8. The lowest BCUT2D eigenvalue weighted by molar-refractivity contribution is -0.134. The number of carbonyl (C=O) groups excluding carboxylic acids is 1. The van der Waals surface area contributed by atoms with E-state index in [1.807, 2.05) is 50.2 Å². The van der Waals surface area contributed by atoms with Gasteiger partial charge in [0.1, 0.15) is 6.54 Å². The molecule has 0 atom stereocenters. The Labute approximate surface area is 158 Å². The third-order valence-electron chi connectivity index (χ3n) is 4.25. The highest BCUT2D eigenvalue weighted by molar-refractivity contribution is 5.76. The number of pyridine rings is 1. The van der Waals surface area contributed by atoms with Gasteiger partial charge < -0.3 is 4.90 Å². The molecule has 0 spiro atoms. The molecule has 0 unspecified atom stereocenters. The third kappa shape index (κ3) is 4.67. The molecule has 0 aliphatic rings. The van der Waals surface area contributed by atoms with Crippen molar-refractivity contribution < 1.29 is 4.79 Å². The molecular formula is C21H22N4O2. The van der Waals surface area contributed by atoms with Gasteiger partial charge in [0.2, 0.25) is 5.91 Å². The summed E-state index contributed by atoms with van der Waals surface area (Å²) in [6, 6.07) is 16.5. The molecule has 3 rings (SSSR count). The largest absolute Gasteiger partial charge is 0.334 e. The van der Waals surface area contributed by atoms with Gasteiger partial charge in [0.05, 0.1) is 5.69 Å². The van der Waals surface area contributed by atoms with Crippen molar-refractivity contribution in [1.29, 1.82) is 0 Å². The Morgan fingerprint density at radius 2 is 1.85 bits per heavy atom. The van der Waals surface area contributed by atoms with Gasteiger partial charge in [-0.15, -0.1) is 0 Å². The summed E-state index contributed by atoms with van der Waals surface area (Å²) in [5.41, 5.74) is 2.14. The van der Waals surface area contributed by atoms with Crippen molar-refractivity contribution in [3.05, 3.63) is 82.9 Å². The minimum atomic E-state index is -0.306. The number of nitrogens with zero attached hydrogens (tertiary/aromatic N) is 4. The fourth-order valence-corrected chi connectivity index (χ4v) is 2.79. The quantitative estimate of drug-likeness (QED) is 0.676. The second-order valence-electron chi connectivity index (χ2n) is 6.56. The van der Waals surface area contributed by atoms with Crippen LogP contribution in [0.2, 0.25) is 0 Å². The Morgan fingerprint density at radius 3 is 2.52 bits per heavy atom. The number of hydrogen-bond acceptors (Lipinski definition) is 4. The zero-order chi connectivity index (χ0) is 19.2. The predicted octanol–water partition coefficient (Wildman–Crippen LogP) is 2.74. The van der Waals surface area contributed by atoms with E-state index in [1.165, 1.54) is 10.7 Å². The Balaban J connectivity index is 1.82. The molecule has 3 aromatic rings. The van der Waals surface area contributed by atoms with Gasteiger partial charge in [0.15, 0.2) is 0 Å². The highest BCUT2D eigenvalue weighted by atomic mass is 16.2. The van der Waals surface area contributed by atoms with Gasteiger partial charge in [0, 0.05) is 36.6 Å². The first kappa shape index (κ1) is 18.5. The van der Waals surface area contributed by atoms with Gasteiger partial charge in [-0.2, -0.15) is 5.10 Å². The molecule has 27 heavy (non-hydrogen) atoms. The van der Waals surface area contributed by atoms with E-state index in [-0.39, 0.29) is 24.1 Å². The van der Waals surface area contributed by atoms with Gasteiger partial charge in [0.25, 0.3) is 5.56 Å². The second kappa shape index (κ2) is 8.40. The summed E-state index contributed by atoms with van der Waals surface area (Å²) in [5, 5.41) is 4.35. The zero-order valence-electron chi connectivity index (χ0n) is 15.4. The first-order valence-corrected chi connectivity index (χ1v) is 8.86. The maximum Gasteiger partial charge on any atom is 0.267 e. The van der Waals surface area contributed by atoms with Gasteiger partial charge in [-0.25, -0.2) is 4.68 Å². The molecule has 6 heteroatoms. The smallest absolute Gasteiger partial charge is 0.267 e. The summed E-state index contributed by atoms with van der Waals surface area (Å²) in [6.07, 6.45) is 3.35. The average Bonchev–Trinajstić information content (AvgIpc) is 2.69. The van der Waals surface area contributed by atoms with Crippen molar-refractivity contribution in [3.63, 3.8) is 0 Å². The lowest BCUT2D eigenvalue weighted by atomic mass is 10.2. The minimum absolute atomic E-state index is 0.00918. The first-order valence-electron chi connectivity index (χ1n) is 8.86. The Bertz CT molecular complexity index is 953. The molecule has 2 heterocycles. The Hall–Kier alpha value is -3.28. The highest BCUT2D eigenvalue weighted by Crippen LogP contribution is 2.13. The Morgan fingerprint density at radius 1 is 1.07 bits per heavy atom. The van der Waals surface area contributed by atoms with Crippen molar-refractivity contribution >= 4 is 5.91 Å². The lowest BCUT2D eigenvalue weighted by Crippen LogP contribution is -2.40. The molecule has 1 aromatic carbocycles. The van der Waals surface area contributed by atoms with Crippen LogP contribution in [-0.4, -0.2) is 31.6 Å². The zero-order valence-corrected chi connectivity index (χ0v) is 15.4. The van der Waals surface area contributed by atoms with Crippen LogP contribution in [0.5, 0.6) is 0 Å². The van der Waals surface area contributed by atoms with Gasteiger partial charge in [-0.3, -0.25) is 14.6 Å². The molecule has 6 nitrogen and oxygen atoms in total. The fraction of sp³-hybridized carbons (Fsp3) is 0.238. The average molecular weight is 362 g/mol. The standard InChI is InChI=1S/C21H22N4O2/c1-16(2)24(14-17-7-4-3-5-8-17)21(27)15-25-20(26)11-10-19(23-25)18-9-6-12-22-13-18/h3-13,16H,14-15H2,1-2H3. The molecular weight excluding hydrogens is 340 g/mol. The van der Waals surface area contributed by atoms with Crippen LogP contribution in [0.1, 0.15) is 19.4 Å². The van der Waals surface area contributed by atoms with Crippen LogP contribution in [0, 0.1) is 0 Å². The van der Waals surface area contributed by atoms with Crippen molar-refractivity contribution in [2.75, 3.05) is 0 Å². The lowest BCUT2D eigenvalue weighted by Gasteiger charge is -2.27. The molecule has 0 bridgehead atoms. The van der Waals surface area contributed by atoms with E-state index in [9.17, 15) is 9.59 Å². The fourth-order valence-electron chi connectivity index (χ4n) is 2.79. The van der Waals surface area contributed by atoms with E-state index in [0.717, 1.165) is 11.1 Å². The molecule has 0 aliphatic carbocycles. The Kier molecular flexibility index (Phi) is 5.76. The molecule has 0 fully saturated rings. The van der Waals surface area contributed by atoms with Crippen LogP contribution in [0.4, 0.5) is 0 Å². The number of hydrogen-bond donors (Lipinski definition) is 0. The molecule has 1 amide bonds. The number of amides is 1. The molecule has 0 radical (unpaired) electrons. The maximum atomic E-state index is 12.9. The van der Waals surface area contributed by atoms with Crippen LogP contribution >= 0.6 is 0 Å². The van der Waals surface area contributed by atoms with Crippen molar-refractivity contribution in [3.8, 4) is 11.3 Å². The summed E-state index contributed by atoms with van der Waals surface area (Å²) < 4.78 is 1.21. The van der Waals surface area contributed by atoms with E-state index in [0.29, 0.717) is 12.2 Å². The van der Waals surface area contributed by atoms with Crippen LogP contribution in [0.25, 0.3) is 11.3 Å². The minimum Gasteiger partial charge on any atom is -0.334 e. The van der Waals surface area contributed by atoms with Crippen LogP contribution in [-0.2, 0) is 17.9 Å². The van der Waals surface area contributed by atoms with Gasteiger partial charge in [-0.05, 0) is 37.6 Å². The van der Waals surface area contributed by atoms with Gasteiger partial charge in [-0.1, -0.05) is 30.3 Å². The summed E-state index contributed by atoms with van der Waals surface area (Å²) in [6.45, 7) is 4.32. The van der Waals surface area contributed by atoms with E-state index >= 15 is 0 Å².